The molecule has 1 atom stereocenters. The van der Waals surface area contributed by atoms with Gasteiger partial charge in [0.25, 0.3) is 5.91 Å². The number of carbonyl (C=O) groups is 1. The highest BCUT2D eigenvalue weighted by Crippen LogP contribution is 2.43. The van der Waals surface area contributed by atoms with E-state index in [2.05, 4.69) is 47.0 Å². The topological polar surface area (TPSA) is 85.8 Å². The molecule has 1 aliphatic rings. The van der Waals surface area contributed by atoms with E-state index in [9.17, 15) is 4.79 Å². The zero-order chi connectivity index (χ0) is 22.4. The lowest BCUT2D eigenvalue weighted by Gasteiger charge is -2.13. The number of nitrogens with two attached hydrogens (primary N) is 1. The van der Waals surface area contributed by atoms with Crippen LogP contribution in [0.25, 0.3) is 26.0 Å². The van der Waals surface area contributed by atoms with E-state index in [1.165, 1.54) is 6.33 Å². The molecule has 8 heteroatoms. The van der Waals surface area contributed by atoms with Crippen LogP contribution in [0.15, 0.2) is 30.6 Å². The number of thiophene rings is 1. The number of methoxy groups -OCH3 is 1. The lowest BCUT2D eigenvalue weighted by Crippen LogP contribution is -2.27. The molecule has 32 heavy (non-hydrogen) atoms. The fourth-order valence-corrected chi connectivity index (χ4v) is 5.64. The van der Waals surface area contributed by atoms with Crippen molar-refractivity contribution >= 4 is 38.7 Å². The van der Waals surface area contributed by atoms with Gasteiger partial charge in [0, 0.05) is 35.1 Å². The Morgan fingerprint density at radius 1 is 1.31 bits per heavy atom. The summed E-state index contributed by atoms with van der Waals surface area (Å²) in [7, 11) is 1.70. The van der Waals surface area contributed by atoms with Gasteiger partial charge in [-0.15, -0.1) is 11.3 Å². The molecular formula is C24H23N5O2S. The summed E-state index contributed by atoms with van der Waals surface area (Å²) in [4.78, 5) is 19.4. The van der Waals surface area contributed by atoms with Crippen molar-refractivity contribution in [2.75, 3.05) is 25.9 Å². The first-order valence-electron chi connectivity index (χ1n) is 10.4. The summed E-state index contributed by atoms with van der Waals surface area (Å²) in [6, 6.07) is 8.52. The number of likely N-dealkylation sites (tertiary alicyclic amines) is 1. The van der Waals surface area contributed by atoms with Crippen LogP contribution in [-0.4, -0.2) is 45.6 Å². The van der Waals surface area contributed by atoms with Gasteiger partial charge in [0.1, 0.15) is 17.6 Å². The van der Waals surface area contributed by atoms with E-state index < -0.39 is 0 Å². The van der Waals surface area contributed by atoms with Crippen LogP contribution in [0.4, 0.5) is 5.82 Å². The highest BCUT2D eigenvalue weighted by atomic mass is 32.1. The monoisotopic (exact) mass is 445 g/mol. The minimum Gasteiger partial charge on any atom is -0.495 e. The smallest absolute Gasteiger partial charge is 0.298 e. The zero-order valence-corrected chi connectivity index (χ0v) is 19.0. The van der Waals surface area contributed by atoms with Crippen molar-refractivity contribution in [1.29, 1.82) is 0 Å². The number of anilines is 1. The van der Waals surface area contributed by atoms with E-state index in [0.29, 0.717) is 18.9 Å². The predicted molar refractivity (Wildman–Crippen MR) is 127 cm³/mol. The van der Waals surface area contributed by atoms with E-state index in [4.69, 9.17) is 10.5 Å². The zero-order valence-electron chi connectivity index (χ0n) is 18.2. The van der Waals surface area contributed by atoms with Gasteiger partial charge in [0.05, 0.1) is 11.8 Å². The lowest BCUT2D eigenvalue weighted by molar-refractivity contribution is -0.124. The molecule has 1 aliphatic heterocycles. The number of carbonyl (C=O) groups excluding carboxylic acids is 1. The molecule has 3 aromatic heterocycles. The number of ether oxygens (including phenoxy) is 1. The maximum Gasteiger partial charge on any atom is 0.298 e. The number of nitrogen functional groups attached to an aromatic ring is 1. The van der Waals surface area contributed by atoms with Crippen LogP contribution in [0.1, 0.15) is 30.5 Å². The quantitative estimate of drug-likeness (QED) is 0.484. The summed E-state index contributed by atoms with van der Waals surface area (Å²) in [5.74, 6) is 6.66. The van der Waals surface area contributed by atoms with Crippen molar-refractivity contribution in [2.45, 2.75) is 26.2 Å². The lowest BCUT2D eigenvalue weighted by atomic mass is 10.0. The van der Waals surface area contributed by atoms with Gasteiger partial charge < -0.3 is 15.4 Å². The molecule has 4 heterocycles. The number of fused-ring (bicyclic) bond motifs is 2. The van der Waals surface area contributed by atoms with Gasteiger partial charge in [-0.2, -0.15) is 5.10 Å². The standard InChI is InChI=1S/C24H23N5O2S/c1-4-5-21(30)28-7-6-15(12-28)18-11-17(22-24(25)26-13-27-29(18)22)20-10-16-8-14(2)9-19(31-3)23(16)32-20/h8-11,13,15H,6-7,12H2,1-3H3,(H2,25,26,27)/t15-/m0/s1. The molecule has 5 rings (SSSR count). The molecule has 0 radical (unpaired) electrons. The van der Waals surface area contributed by atoms with Crippen molar-refractivity contribution in [2.24, 2.45) is 0 Å². The number of amides is 1. The summed E-state index contributed by atoms with van der Waals surface area (Å²) < 4.78 is 8.60. The van der Waals surface area contributed by atoms with E-state index in [-0.39, 0.29) is 11.8 Å². The summed E-state index contributed by atoms with van der Waals surface area (Å²) in [6.45, 7) is 5.04. The molecule has 1 fully saturated rings. The number of rotatable bonds is 3. The van der Waals surface area contributed by atoms with Gasteiger partial charge in [0.15, 0.2) is 5.82 Å². The summed E-state index contributed by atoms with van der Waals surface area (Å²) in [5, 5.41) is 5.65. The second-order valence-electron chi connectivity index (χ2n) is 8.00. The maximum atomic E-state index is 12.2. The van der Waals surface area contributed by atoms with E-state index in [0.717, 1.165) is 49.5 Å². The van der Waals surface area contributed by atoms with Gasteiger partial charge in [-0.25, -0.2) is 9.50 Å². The van der Waals surface area contributed by atoms with Gasteiger partial charge in [-0.3, -0.25) is 4.79 Å². The van der Waals surface area contributed by atoms with Gasteiger partial charge in [-0.1, -0.05) is 12.0 Å². The van der Waals surface area contributed by atoms with Crippen LogP contribution >= 0.6 is 11.3 Å². The number of aryl methyl sites for hydroxylation is 1. The Bertz CT molecular complexity index is 1430. The molecular weight excluding hydrogens is 422 g/mol. The van der Waals surface area contributed by atoms with E-state index in [1.54, 1.807) is 30.3 Å². The second-order valence-corrected chi connectivity index (χ2v) is 9.05. The van der Waals surface area contributed by atoms with Crippen LogP contribution in [-0.2, 0) is 4.79 Å². The molecule has 1 saturated heterocycles. The first-order valence-corrected chi connectivity index (χ1v) is 11.2. The molecule has 0 aliphatic carbocycles. The molecule has 0 unspecified atom stereocenters. The van der Waals surface area contributed by atoms with Crippen molar-refractivity contribution in [3.63, 3.8) is 0 Å². The molecule has 0 saturated carbocycles. The highest BCUT2D eigenvalue weighted by Gasteiger charge is 2.30. The Labute approximate surface area is 189 Å². The highest BCUT2D eigenvalue weighted by molar-refractivity contribution is 7.22. The minimum absolute atomic E-state index is 0.128. The fraction of sp³-hybridized carbons (Fsp3) is 0.292. The third-order valence-electron chi connectivity index (χ3n) is 5.95. The van der Waals surface area contributed by atoms with Gasteiger partial charge >= 0.3 is 0 Å². The summed E-state index contributed by atoms with van der Waals surface area (Å²) in [5.41, 5.74) is 10.3. The van der Waals surface area contributed by atoms with Crippen molar-refractivity contribution in [1.82, 2.24) is 19.5 Å². The van der Waals surface area contributed by atoms with Crippen LogP contribution in [0.3, 0.4) is 0 Å². The van der Waals surface area contributed by atoms with Crippen LogP contribution in [0, 0.1) is 18.8 Å². The third-order valence-corrected chi connectivity index (χ3v) is 7.15. The fourth-order valence-electron chi connectivity index (χ4n) is 4.49. The van der Waals surface area contributed by atoms with Crippen LogP contribution < -0.4 is 10.5 Å². The maximum absolute atomic E-state index is 12.2. The van der Waals surface area contributed by atoms with Gasteiger partial charge in [0.2, 0.25) is 0 Å². The molecule has 1 amide bonds. The third kappa shape index (κ3) is 3.26. The van der Waals surface area contributed by atoms with Crippen molar-refractivity contribution < 1.29 is 9.53 Å². The van der Waals surface area contributed by atoms with Crippen LogP contribution in [0.2, 0.25) is 0 Å². The second kappa shape index (κ2) is 7.84. The Morgan fingerprint density at radius 2 is 2.16 bits per heavy atom. The molecule has 0 spiro atoms. The first kappa shape index (κ1) is 20.3. The number of aromatic nitrogens is 3. The van der Waals surface area contributed by atoms with Crippen LogP contribution in [0.5, 0.6) is 5.75 Å². The number of hydrogen-bond acceptors (Lipinski definition) is 6. The Balaban J connectivity index is 1.63. The van der Waals surface area contributed by atoms with Crippen molar-refractivity contribution in [3.8, 4) is 28.0 Å². The average Bonchev–Trinajstić information content (AvgIpc) is 3.49. The van der Waals surface area contributed by atoms with Crippen molar-refractivity contribution in [3.05, 3.63) is 41.9 Å². The summed E-state index contributed by atoms with van der Waals surface area (Å²) in [6.07, 6.45) is 2.33. The normalized spacial score (nSPS) is 15.8. The Kier molecular flexibility index (Phi) is 4.98. The van der Waals surface area contributed by atoms with E-state index >= 15 is 0 Å². The SMILES string of the molecule is CC#CC(=O)N1CC[C@H](c2cc(-c3cc4cc(C)cc(OC)c4s3)c3c(N)ncnn23)C1. The Morgan fingerprint density at radius 3 is 2.94 bits per heavy atom. The largest absolute Gasteiger partial charge is 0.495 e. The van der Waals surface area contributed by atoms with E-state index in [1.807, 2.05) is 10.6 Å². The minimum atomic E-state index is -0.128. The molecule has 1 aromatic carbocycles. The molecule has 162 valence electrons. The number of nitrogens with zero attached hydrogens (tertiary/aromatic N) is 4. The molecule has 0 bridgehead atoms. The Hall–Kier alpha value is -3.57. The number of benzene rings is 1. The molecule has 7 nitrogen and oxygen atoms in total. The predicted octanol–water partition coefficient (Wildman–Crippen LogP) is 3.85. The number of hydrogen-bond donors (Lipinski definition) is 1. The molecule has 2 N–H and O–H groups in total. The van der Waals surface area contributed by atoms with Gasteiger partial charge in [-0.05, 0) is 55.3 Å². The summed E-state index contributed by atoms with van der Waals surface area (Å²) >= 11 is 1.67. The molecule has 4 aromatic rings. The average molecular weight is 446 g/mol. The first-order chi connectivity index (χ1) is 15.5.